The molecule has 0 bridgehead atoms. The average Bonchev–Trinajstić information content (AvgIpc) is 2.93. The van der Waals surface area contributed by atoms with Crippen LogP contribution in [0.2, 0.25) is 0 Å². The van der Waals surface area contributed by atoms with Gasteiger partial charge in [-0.05, 0) is 12.8 Å². The van der Waals surface area contributed by atoms with Gasteiger partial charge in [-0.1, -0.05) is 0 Å². The van der Waals surface area contributed by atoms with Crippen LogP contribution < -0.4 is 10.0 Å². The molecule has 3 rings (SSSR count). The zero-order valence-corrected chi connectivity index (χ0v) is 13.0. The molecule has 0 saturated heterocycles. The van der Waals surface area contributed by atoms with Gasteiger partial charge in [0.25, 0.3) is 10.0 Å². The standard InChI is InChI=1S/C12H17N5O2S2/c18-21(19,16-4-3-11-7-20-8-14-11)12-9(6-15-17-12)5-13-10-1-2-10/h6-8,10,13,16H,1-5H2,(H,15,17). The molecule has 0 amide bonds. The van der Waals surface area contributed by atoms with Gasteiger partial charge >= 0.3 is 0 Å². The summed E-state index contributed by atoms with van der Waals surface area (Å²) < 4.78 is 27.1. The van der Waals surface area contributed by atoms with E-state index < -0.39 is 10.0 Å². The maximum Gasteiger partial charge on any atom is 0.257 e. The van der Waals surface area contributed by atoms with Crippen molar-refractivity contribution in [2.24, 2.45) is 0 Å². The van der Waals surface area contributed by atoms with Gasteiger partial charge in [0, 0.05) is 36.5 Å². The number of aromatic amines is 1. The Hall–Kier alpha value is -1.29. The van der Waals surface area contributed by atoms with Crippen molar-refractivity contribution in [3.05, 3.63) is 28.3 Å². The SMILES string of the molecule is O=S(=O)(NCCc1cscn1)c1[nH]ncc1CNC1CC1. The van der Waals surface area contributed by atoms with Gasteiger partial charge in [0.2, 0.25) is 0 Å². The number of sulfonamides is 1. The summed E-state index contributed by atoms with van der Waals surface area (Å²) in [6.45, 7) is 0.837. The van der Waals surface area contributed by atoms with Crippen LogP contribution in [0, 0.1) is 0 Å². The lowest BCUT2D eigenvalue weighted by Gasteiger charge is -2.07. The van der Waals surface area contributed by atoms with Crippen LogP contribution in [-0.4, -0.2) is 36.2 Å². The van der Waals surface area contributed by atoms with Crippen LogP contribution in [0.25, 0.3) is 0 Å². The third kappa shape index (κ3) is 3.88. The van der Waals surface area contributed by atoms with Crippen LogP contribution in [0.1, 0.15) is 24.1 Å². The summed E-state index contributed by atoms with van der Waals surface area (Å²) in [5.41, 5.74) is 3.30. The Balaban J connectivity index is 1.59. The van der Waals surface area contributed by atoms with E-state index in [1.807, 2.05) is 5.38 Å². The first-order valence-electron chi connectivity index (χ1n) is 6.77. The predicted molar refractivity (Wildman–Crippen MR) is 79.5 cm³/mol. The highest BCUT2D eigenvalue weighted by Gasteiger charge is 2.24. The number of H-pyrrole nitrogens is 1. The molecule has 0 unspecified atom stereocenters. The molecule has 0 aliphatic heterocycles. The number of nitrogens with one attached hydrogen (secondary N) is 3. The van der Waals surface area contributed by atoms with Crippen molar-refractivity contribution < 1.29 is 8.42 Å². The zero-order chi connectivity index (χ0) is 14.7. The van der Waals surface area contributed by atoms with Crippen molar-refractivity contribution >= 4 is 21.4 Å². The molecule has 0 atom stereocenters. The minimum absolute atomic E-state index is 0.147. The fourth-order valence-electron chi connectivity index (χ4n) is 1.95. The molecule has 9 heteroatoms. The average molecular weight is 327 g/mol. The fourth-order valence-corrected chi connectivity index (χ4v) is 3.70. The van der Waals surface area contributed by atoms with E-state index in [-0.39, 0.29) is 5.03 Å². The van der Waals surface area contributed by atoms with E-state index in [0.29, 0.717) is 31.1 Å². The van der Waals surface area contributed by atoms with E-state index in [9.17, 15) is 8.42 Å². The lowest BCUT2D eigenvalue weighted by molar-refractivity contribution is 0.573. The highest BCUT2D eigenvalue weighted by molar-refractivity contribution is 7.89. The highest BCUT2D eigenvalue weighted by atomic mass is 32.2. The molecule has 3 N–H and O–H groups in total. The van der Waals surface area contributed by atoms with Crippen LogP contribution in [0.4, 0.5) is 0 Å². The second-order valence-electron chi connectivity index (χ2n) is 5.01. The predicted octanol–water partition coefficient (Wildman–Crippen LogP) is 0.639. The number of aromatic nitrogens is 3. The van der Waals surface area contributed by atoms with Gasteiger partial charge in [-0.25, -0.2) is 18.1 Å². The van der Waals surface area contributed by atoms with Gasteiger partial charge in [-0.3, -0.25) is 5.10 Å². The quantitative estimate of drug-likeness (QED) is 0.661. The Labute approximate surface area is 127 Å². The molecule has 0 aromatic carbocycles. The molecule has 1 saturated carbocycles. The summed E-state index contributed by atoms with van der Waals surface area (Å²) in [7, 11) is -3.56. The molecule has 114 valence electrons. The number of thiazole rings is 1. The largest absolute Gasteiger partial charge is 0.310 e. The van der Waals surface area contributed by atoms with Crippen molar-refractivity contribution in [2.75, 3.05) is 6.54 Å². The topological polar surface area (TPSA) is 99.8 Å². The minimum Gasteiger partial charge on any atom is -0.310 e. The smallest absolute Gasteiger partial charge is 0.257 e. The Morgan fingerprint density at radius 1 is 1.43 bits per heavy atom. The van der Waals surface area contributed by atoms with Gasteiger partial charge in [-0.15, -0.1) is 11.3 Å². The molecule has 2 aromatic heterocycles. The van der Waals surface area contributed by atoms with E-state index in [4.69, 9.17) is 0 Å². The molecule has 0 spiro atoms. The van der Waals surface area contributed by atoms with E-state index in [1.165, 1.54) is 11.3 Å². The third-order valence-electron chi connectivity index (χ3n) is 3.26. The normalized spacial score (nSPS) is 15.4. The molecule has 21 heavy (non-hydrogen) atoms. The molecule has 1 fully saturated rings. The monoisotopic (exact) mass is 327 g/mol. The Morgan fingerprint density at radius 2 is 2.29 bits per heavy atom. The van der Waals surface area contributed by atoms with Crippen LogP contribution in [0.3, 0.4) is 0 Å². The summed E-state index contributed by atoms with van der Waals surface area (Å²) in [5.74, 6) is 0. The molecule has 0 radical (unpaired) electrons. The number of hydrogen-bond acceptors (Lipinski definition) is 6. The Bertz CT molecular complexity index is 676. The highest BCUT2D eigenvalue weighted by Crippen LogP contribution is 2.20. The molecular formula is C12H17N5O2S2. The number of nitrogens with zero attached hydrogens (tertiary/aromatic N) is 2. The summed E-state index contributed by atoms with van der Waals surface area (Å²) in [4.78, 5) is 4.13. The second kappa shape index (κ2) is 6.22. The maximum absolute atomic E-state index is 12.3. The molecule has 1 aliphatic rings. The van der Waals surface area contributed by atoms with Crippen LogP contribution in [-0.2, 0) is 23.0 Å². The first kappa shape index (κ1) is 14.6. The minimum atomic E-state index is -3.56. The van der Waals surface area contributed by atoms with Crippen LogP contribution >= 0.6 is 11.3 Å². The Kier molecular flexibility index (Phi) is 4.34. The van der Waals surface area contributed by atoms with Gasteiger partial charge in [0.15, 0.2) is 5.03 Å². The molecule has 1 aliphatic carbocycles. The Morgan fingerprint density at radius 3 is 3.00 bits per heavy atom. The van der Waals surface area contributed by atoms with Crippen molar-refractivity contribution in [1.29, 1.82) is 0 Å². The molecule has 2 aromatic rings. The second-order valence-corrected chi connectivity index (χ2v) is 7.43. The van der Waals surface area contributed by atoms with E-state index >= 15 is 0 Å². The van der Waals surface area contributed by atoms with Gasteiger partial charge in [0.05, 0.1) is 17.4 Å². The number of hydrogen-bond donors (Lipinski definition) is 3. The molecular weight excluding hydrogens is 310 g/mol. The molecule has 7 nitrogen and oxygen atoms in total. The van der Waals surface area contributed by atoms with E-state index in [1.54, 1.807) is 11.7 Å². The first-order chi connectivity index (χ1) is 10.1. The maximum atomic E-state index is 12.3. The zero-order valence-electron chi connectivity index (χ0n) is 11.4. The van der Waals surface area contributed by atoms with Crippen LogP contribution in [0.15, 0.2) is 22.1 Å². The lowest BCUT2D eigenvalue weighted by Crippen LogP contribution is -2.28. The van der Waals surface area contributed by atoms with E-state index in [2.05, 4.69) is 25.2 Å². The van der Waals surface area contributed by atoms with Crippen LogP contribution in [0.5, 0.6) is 0 Å². The fraction of sp³-hybridized carbons (Fsp3) is 0.500. The summed E-state index contributed by atoms with van der Waals surface area (Å²) in [6.07, 6.45) is 4.45. The summed E-state index contributed by atoms with van der Waals surface area (Å²) >= 11 is 1.50. The summed E-state index contributed by atoms with van der Waals surface area (Å²) in [5, 5.41) is 11.8. The number of rotatable bonds is 8. The van der Waals surface area contributed by atoms with Gasteiger partial charge in [-0.2, -0.15) is 5.10 Å². The van der Waals surface area contributed by atoms with Gasteiger partial charge in [0.1, 0.15) is 0 Å². The molecule has 2 heterocycles. The van der Waals surface area contributed by atoms with E-state index in [0.717, 1.165) is 18.5 Å². The lowest BCUT2D eigenvalue weighted by atomic mass is 10.3. The van der Waals surface area contributed by atoms with Gasteiger partial charge < -0.3 is 5.32 Å². The van der Waals surface area contributed by atoms with Crippen molar-refractivity contribution in [3.8, 4) is 0 Å². The van der Waals surface area contributed by atoms with Crippen molar-refractivity contribution in [1.82, 2.24) is 25.2 Å². The van der Waals surface area contributed by atoms with Crippen molar-refractivity contribution in [2.45, 2.75) is 36.9 Å². The first-order valence-corrected chi connectivity index (χ1v) is 9.20. The third-order valence-corrected chi connectivity index (χ3v) is 5.37. The van der Waals surface area contributed by atoms with Crippen molar-refractivity contribution in [3.63, 3.8) is 0 Å². The summed E-state index contributed by atoms with van der Waals surface area (Å²) in [6, 6.07) is 0.521.